The molecule has 0 aromatic heterocycles. The molecular weight excluding hydrogens is 330 g/mol. The Kier molecular flexibility index (Phi) is 8.52. The van der Waals surface area contributed by atoms with Gasteiger partial charge in [-0.25, -0.2) is 0 Å². The van der Waals surface area contributed by atoms with Crippen LogP contribution >= 0.6 is 0 Å². The van der Waals surface area contributed by atoms with E-state index in [1.54, 1.807) is 0 Å². The van der Waals surface area contributed by atoms with Gasteiger partial charge in [0.1, 0.15) is 0 Å². The van der Waals surface area contributed by atoms with Crippen molar-refractivity contribution in [3.63, 3.8) is 0 Å². The second-order valence-electron chi connectivity index (χ2n) is 5.57. The van der Waals surface area contributed by atoms with Crippen LogP contribution in [0.4, 0.5) is 0 Å². The van der Waals surface area contributed by atoms with E-state index in [2.05, 4.69) is 42.5 Å². The van der Waals surface area contributed by atoms with Crippen molar-refractivity contribution in [1.82, 2.24) is 0 Å². The minimum absolute atomic E-state index is 0. The Hall–Kier alpha value is 0.350. The fraction of sp³-hybridized carbons (Fsp3) is 0.294. The van der Waals surface area contributed by atoms with Gasteiger partial charge in [0.15, 0.2) is 0 Å². The average molecular weight is 350 g/mol. The molecule has 114 valence electrons. The molecule has 2 aromatic carbocycles. The van der Waals surface area contributed by atoms with Crippen LogP contribution in [0.5, 0.6) is 0 Å². The summed E-state index contributed by atoms with van der Waals surface area (Å²) in [6.07, 6.45) is 3.09. The van der Waals surface area contributed by atoms with E-state index < -0.39 is 10.1 Å². The van der Waals surface area contributed by atoms with Crippen LogP contribution in [0, 0.1) is 0 Å². The summed E-state index contributed by atoms with van der Waals surface area (Å²) in [5, 5.41) is 0. The quantitative estimate of drug-likeness (QED) is 0.436. The second-order valence-corrected chi connectivity index (χ2v) is 7.14. The van der Waals surface area contributed by atoms with Crippen LogP contribution in [0.2, 0.25) is 0 Å². The van der Waals surface area contributed by atoms with E-state index in [0.717, 1.165) is 19.3 Å². The molecule has 3 rings (SSSR count). The van der Waals surface area contributed by atoms with Crippen LogP contribution in [0.25, 0.3) is 11.1 Å². The van der Waals surface area contributed by atoms with Crippen molar-refractivity contribution in [2.75, 3.05) is 5.75 Å². The van der Waals surface area contributed by atoms with Gasteiger partial charge in [-0.3, -0.25) is 4.55 Å². The van der Waals surface area contributed by atoms with E-state index in [-0.39, 0.29) is 64.9 Å². The Morgan fingerprint density at radius 1 is 0.913 bits per heavy atom. The van der Waals surface area contributed by atoms with E-state index in [4.69, 9.17) is 4.55 Å². The van der Waals surface area contributed by atoms with E-state index in [1.807, 2.05) is 0 Å². The summed E-state index contributed by atoms with van der Waals surface area (Å²) in [6, 6.07) is 15.0. The third-order valence-corrected chi connectivity index (χ3v) is 4.79. The molecule has 0 saturated carbocycles. The van der Waals surface area contributed by atoms with Crippen LogP contribution in [0.3, 0.4) is 0 Å². The van der Waals surface area contributed by atoms with Gasteiger partial charge in [0.25, 0.3) is 10.1 Å². The van der Waals surface area contributed by atoms with Gasteiger partial charge in [-0.2, -0.15) is 8.42 Å². The minimum atomic E-state index is -3.83. The number of rotatable bonds is 5. The van der Waals surface area contributed by atoms with Crippen molar-refractivity contribution >= 4 is 69.2 Å². The van der Waals surface area contributed by atoms with Gasteiger partial charge in [0.2, 0.25) is 0 Å². The van der Waals surface area contributed by atoms with Gasteiger partial charge in [-0.05, 0) is 53.5 Å². The molecule has 23 heavy (non-hydrogen) atoms. The maximum atomic E-state index is 10.7. The summed E-state index contributed by atoms with van der Waals surface area (Å²) in [5.74, 6) is -0.152. The zero-order valence-corrected chi connectivity index (χ0v) is 12.6. The molecule has 0 amide bonds. The molecule has 0 bridgehead atoms. The number of unbranched alkanes of at least 4 members (excludes halogenated alkanes) is 1. The van der Waals surface area contributed by atoms with Gasteiger partial charge in [0, 0.05) is 0 Å². The van der Waals surface area contributed by atoms with E-state index in [0.29, 0.717) is 6.42 Å². The zero-order valence-electron chi connectivity index (χ0n) is 11.7. The molecule has 1 N–H and O–H groups in total. The molecule has 0 atom stereocenters. The van der Waals surface area contributed by atoms with Crippen molar-refractivity contribution in [1.29, 1.82) is 0 Å². The average Bonchev–Trinajstić information content (AvgIpc) is 2.81. The predicted octanol–water partition coefficient (Wildman–Crippen LogP) is 2.17. The molecule has 1 aliphatic rings. The number of aryl methyl sites for hydroxylation is 1. The van der Waals surface area contributed by atoms with Crippen molar-refractivity contribution < 1.29 is 13.0 Å². The van der Waals surface area contributed by atoms with Gasteiger partial charge in [-0.1, -0.05) is 42.5 Å². The number of hydrogen-bond acceptors (Lipinski definition) is 2. The summed E-state index contributed by atoms with van der Waals surface area (Å²) < 4.78 is 30.1. The number of benzene rings is 2. The first kappa shape index (κ1) is 21.4. The van der Waals surface area contributed by atoms with Crippen LogP contribution < -0.4 is 0 Å². The fourth-order valence-electron chi connectivity index (χ4n) is 2.94. The molecule has 0 saturated heterocycles. The molecule has 6 heteroatoms. The van der Waals surface area contributed by atoms with Crippen molar-refractivity contribution in [2.45, 2.75) is 25.7 Å². The Labute approximate surface area is 182 Å². The Balaban J connectivity index is 0.00000132. The summed E-state index contributed by atoms with van der Waals surface area (Å²) in [6.45, 7) is 0. The molecule has 2 aromatic rings. The van der Waals surface area contributed by atoms with Crippen molar-refractivity contribution in [3.05, 3.63) is 59.2 Å². The summed E-state index contributed by atoms with van der Waals surface area (Å²) in [5.41, 5.74) is 6.57. The first-order valence-electron chi connectivity index (χ1n) is 7.18. The molecule has 1 aliphatic carbocycles. The zero-order chi connectivity index (χ0) is 14.9. The van der Waals surface area contributed by atoms with Crippen LogP contribution in [0.15, 0.2) is 42.5 Å². The van der Waals surface area contributed by atoms with Gasteiger partial charge in [0.05, 0.1) is 5.75 Å². The Bertz CT molecular complexity index is 773. The molecular formula is C17H20Na2O3S. The van der Waals surface area contributed by atoms with E-state index in [9.17, 15) is 8.42 Å². The Morgan fingerprint density at radius 3 is 2.35 bits per heavy atom. The third-order valence-electron chi connectivity index (χ3n) is 3.98. The van der Waals surface area contributed by atoms with E-state index >= 15 is 0 Å². The van der Waals surface area contributed by atoms with Crippen molar-refractivity contribution in [3.8, 4) is 11.1 Å². The molecule has 0 fully saturated rings. The molecule has 3 nitrogen and oxygen atoms in total. The normalized spacial score (nSPS) is 11.9. The van der Waals surface area contributed by atoms with Gasteiger partial charge in [-0.15, -0.1) is 0 Å². The van der Waals surface area contributed by atoms with Crippen LogP contribution in [-0.4, -0.2) is 77.8 Å². The SMILES string of the molecule is O=S(=O)(O)CCCCc1ccc2c(c1)-c1ccccc1C2.[NaH].[NaH]. The van der Waals surface area contributed by atoms with E-state index in [1.165, 1.54) is 27.8 Å². The standard InChI is InChI=1S/C17H18O3S.2Na.2H/c18-21(19,20)10-4-3-5-13-8-9-15-12-14-6-1-2-7-16(14)17(15)11-13;;;;/h1-2,6-9,11H,3-5,10,12H2,(H,18,19,20);;;;. The molecule has 0 radical (unpaired) electrons. The topological polar surface area (TPSA) is 54.4 Å². The summed E-state index contributed by atoms with van der Waals surface area (Å²) >= 11 is 0. The molecule has 0 heterocycles. The maximum absolute atomic E-state index is 10.7. The number of hydrogen-bond donors (Lipinski definition) is 1. The second kappa shape index (κ2) is 9.16. The van der Waals surface area contributed by atoms with Gasteiger partial charge < -0.3 is 0 Å². The fourth-order valence-corrected chi connectivity index (χ4v) is 3.51. The first-order valence-corrected chi connectivity index (χ1v) is 8.79. The third kappa shape index (κ3) is 5.68. The summed E-state index contributed by atoms with van der Waals surface area (Å²) in [7, 11) is -3.83. The molecule has 0 spiro atoms. The number of fused-ring (bicyclic) bond motifs is 3. The Morgan fingerprint density at radius 2 is 1.61 bits per heavy atom. The first-order chi connectivity index (χ1) is 10.0. The summed E-state index contributed by atoms with van der Waals surface area (Å²) in [4.78, 5) is 0. The van der Waals surface area contributed by atoms with Crippen molar-refractivity contribution in [2.24, 2.45) is 0 Å². The van der Waals surface area contributed by atoms with Crippen LogP contribution in [-0.2, 0) is 23.0 Å². The van der Waals surface area contributed by atoms with Gasteiger partial charge >= 0.3 is 59.1 Å². The molecule has 0 unspecified atom stereocenters. The monoisotopic (exact) mass is 350 g/mol. The molecule has 0 aliphatic heterocycles. The predicted molar refractivity (Wildman–Crippen MR) is 98.3 cm³/mol. The van der Waals surface area contributed by atoms with Crippen LogP contribution in [0.1, 0.15) is 29.5 Å².